The third kappa shape index (κ3) is 2.69. The van der Waals surface area contributed by atoms with Crippen LogP contribution in [0.1, 0.15) is 41.8 Å². The summed E-state index contributed by atoms with van der Waals surface area (Å²) in [5, 5.41) is 9.16. The molecule has 1 aromatic carbocycles. The molecule has 0 atom stereocenters. The van der Waals surface area contributed by atoms with E-state index in [0.717, 1.165) is 28.0 Å². The van der Waals surface area contributed by atoms with E-state index in [1.807, 2.05) is 54.4 Å². The minimum absolute atomic E-state index is 0.153. The Hall–Kier alpha value is -2.27. The van der Waals surface area contributed by atoms with E-state index >= 15 is 0 Å². The van der Waals surface area contributed by atoms with Crippen LogP contribution in [-0.2, 0) is 7.05 Å². The number of halogens is 1. The predicted molar refractivity (Wildman–Crippen MR) is 98.0 cm³/mol. The molecular formula is C18H21ClN4O. The number of carbonyl (C=O) groups excluding carboxylic acids is 1. The maximum Gasteiger partial charge on any atom is 0.272 e. The molecule has 24 heavy (non-hydrogen) atoms. The molecule has 2 heterocycles. The molecule has 0 saturated carbocycles. The third-order valence-corrected chi connectivity index (χ3v) is 4.53. The Morgan fingerprint density at radius 2 is 1.96 bits per heavy atom. The highest BCUT2D eigenvalue weighted by molar-refractivity contribution is 6.31. The monoisotopic (exact) mass is 344 g/mol. The Labute approximate surface area is 146 Å². The predicted octanol–water partition coefficient (Wildman–Crippen LogP) is 4.48. The summed E-state index contributed by atoms with van der Waals surface area (Å²) in [7, 11) is 1.87. The van der Waals surface area contributed by atoms with Gasteiger partial charge in [-0.15, -0.1) is 0 Å². The molecule has 0 radical (unpaired) electrons. The Kier molecular flexibility index (Phi) is 4.13. The second-order valence-corrected chi connectivity index (χ2v) is 6.77. The van der Waals surface area contributed by atoms with E-state index in [4.69, 9.17) is 11.6 Å². The number of rotatable bonds is 3. The number of carbonyl (C=O) groups is 1. The number of hydrogen-bond donors (Lipinski definition) is 1. The standard InChI is InChI=1S/C18H21ClN4O/c1-10(2)23-12(4)17(11(3)21-23)20-18(24)16-8-13-6-7-14(19)9-15(13)22(16)5/h6-10H,1-5H3,(H,20,24). The van der Waals surface area contributed by atoms with Gasteiger partial charge in [-0.1, -0.05) is 17.7 Å². The number of nitrogens with one attached hydrogen (secondary N) is 1. The molecule has 1 N–H and O–H groups in total. The number of benzene rings is 1. The van der Waals surface area contributed by atoms with Gasteiger partial charge in [-0.05, 0) is 45.9 Å². The normalized spacial score (nSPS) is 11.5. The SMILES string of the molecule is Cc1nn(C(C)C)c(C)c1NC(=O)c1cc2ccc(Cl)cc2n1C. The average molecular weight is 345 g/mol. The number of aryl methyl sites for hydroxylation is 2. The highest BCUT2D eigenvalue weighted by Gasteiger charge is 2.19. The van der Waals surface area contributed by atoms with Crippen LogP contribution in [0, 0.1) is 13.8 Å². The van der Waals surface area contributed by atoms with Crippen LogP contribution >= 0.6 is 11.6 Å². The topological polar surface area (TPSA) is 51.9 Å². The molecule has 0 saturated heterocycles. The summed E-state index contributed by atoms with van der Waals surface area (Å²) in [6.07, 6.45) is 0. The van der Waals surface area contributed by atoms with Crippen LogP contribution in [0.15, 0.2) is 24.3 Å². The highest BCUT2D eigenvalue weighted by Crippen LogP contribution is 2.26. The van der Waals surface area contributed by atoms with Crippen molar-refractivity contribution in [1.29, 1.82) is 0 Å². The van der Waals surface area contributed by atoms with Gasteiger partial charge in [-0.25, -0.2) is 0 Å². The van der Waals surface area contributed by atoms with Crippen LogP contribution in [0.4, 0.5) is 5.69 Å². The number of nitrogens with zero attached hydrogens (tertiary/aromatic N) is 3. The van der Waals surface area contributed by atoms with Crippen LogP contribution in [0.5, 0.6) is 0 Å². The Balaban J connectivity index is 1.98. The first kappa shape index (κ1) is 16.6. The van der Waals surface area contributed by atoms with Gasteiger partial charge in [-0.3, -0.25) is 9.48 Å². The van der Waals surface area contributed by atoms with Crippen LogP contribution in [0.2, 0.25) is 5.02 Å². The summed E-state index contributed by atoms with van der Waals surface area (Å²) < 4.78 is 3.78. The van der Waals surface area contributed by atoms with Crippen molar-refractivity contribution in [2.75, 3.05) is 5.32 Å². The van der Waals surface area contributed by atoms with E-state index in [1.54, 1.807) is 0 Å². The number of anilines is 1. The van der Waals surface area contributed by atoms with Crippen LogP contribution in [0.25, 0.3) is 10.9 Å². The average Bonchev–Trinajstić information content (AvgIpc) is 2.99. The molecule has 5 nitrogen and oxygen atoms in total. The van der Waals surface area contributed by atoms with Crippen molar-refractivity contribution in [2.45, 2.75) is 33.7 Å². The van der Waals surface area contributed by atoms with E-state index < -0.39 is 0 Å². The zero-order chi connectivity index (χ0) is 17.6. The first-order valence-electron chi connectivity index (χ1n) is 7.91. The summed E-state index contributed by atoms with van der Waals surface area (Å²) in [4.78, 5) is 12.8. The van der Waals surface area contributed by atoms with E-state index in [1.165, 1.54) is 0 Å². The lowest BCUT2D eigenvalue weighted by Crippen LogP contribution is -2.16. The van der Waals surface area contributed by atoms with E-state index in [9.17, 15) is 4.79 Å². The van der Waals surface area contributed by atoms with Gasteiger partial charge in [0, 0.05) is 29.0 Å². The first-order valence-corrected chi connectivity index (χ1v) is 8.29. The van der Waals surface area contributed by atoms with Gasteiger partial charge in [0.2, 0.25) is 0 Å². The van der Waals surface area contributed by atoms with Crippen molar-refractivity contribution in [3.8, 4) is 0 Å². The maximum atomic E-state index is 12.8. The first-order chi connectivity index (χ1) is 11.3. The van der Waals surface area contributed by atoms with Crippen molar-refractivity contribution >= 4 is 34.1 Å². The van der Waals surface area contributed by atoms with Gasteiger partial charge >= 0.3 is 0 Å². The molecule has 0 aliphatic carbocycles. The Morgan fingerprint density at radius 3 is 2.58 bits per heavy atom. The molecule has 0 bridgehead atoms. The molecule has 0 fully saturated rings. The molecular weight excluding hydrogens is 324 g/mol. The van der Waals surface area contributed by atoms with E-state index in [-0.39, 0.29) is 11.9 Å². The molecule has 126 valence electrons. The van der Waals surface area contributed by atoms with Gasteiger partial charge in [0.25, 0.3) is 5.91 Å². The number of fused-ring (bicyclic) bond motifs is 1. The summed E-state index contributed by atoms with van der Waals surface area (Å²) >= 11 is 6.06. The summed E-state index contributed by atoms with van der Waals surface area (Å²) in [5.74, 6) is -0.153. The Bertz CT molecular complexity index is 936. The third-order valence-electron chi connectivity index (χ3n) is 4.29. The van der Waals surface area contributed by atoms with Gasteiger partial charge in [0.1, 0.15) is 5.69 Å². The zero-order valence-electron chi connectivity index (χ0n) is 14.5. The van der Waals surface area contributed by atoms with Crippen molar-refractivity contribution in [1.82, 2.24) is 14.3 Å². The van der Waals surface area contributed by atoms with Gasteiger partial charge < -0.3 is 9.88 Å². The van der Waals surface area contributed by atoms with Gasteiger partial charge in [0.15, 0.2) is 0 Å². The highest BCUT2D eigenvalue weighted by atomic mass is 35.5. The molecule has 3 aromatic rings. The van der Waals surface area contributed by atoms with Gasteiger partial charge in [-0.2, -0.15) is 5.10 Å². The second-order valence-electron chi connectivity index (χ2n) is 6.33. The number of hydrogen-bond acceptors (Lipinski definition) is 2. The second kappa shape index (κ2) is 5.98. The molecule has 0 spiro atoms. The summed E-state index contributed by atoms with van der Waals surface area (Å²) in [6.45, 7) is 8.01. The maximum absolute atomic E-state index is 12.8. The lowest BCUT2D eigenvalue weighted by Gasteiger charge is -2.10. The van der Waals surface area contributed by atoms with Crippen molar-refractivity contribution < 1.29 is 4.79 Å². The van der Waals surface area contributed by atoms with Crippen molar-refractivity contribution in [3.63, 3.8) is 0 Å². The van der Waals surface area contributed by atoms with Crippen LogP contribution in [-0.4, -0.2) is 20.3 Å². The fraction of sp³-hybridized carbons (Fsp3) is 0.333. The molecule has 2 aromatic heterocycles. The van der Waals surface area contributed by atoms with E-state index in [2.05, 4.69) is 24.3 Å². The molecule has 3 rings (SSSR count). The molecule has 0 aliphatic heterocycles. The molecule has 1 amide bonds. The van der Waals surface area contributed by atoms with Crippen molar-refractivity contribution in [3.05, 3.63) is 46.4 Å². The van der Waals surface area contributed by atoms with Crippen LogP contribution in [0.3, 0.4) is 0 Å². The fourth-order valence-corrected chi connectivity index (χ4v) is 3.21. The fourth-order valence-electron chi connectivity index (χ4n) is 3.05. The molecule has 0 unspecified atom stereocenters. The smallest absolute Gasteiger partial charge is 0.272 e. The lowest BCUT2D eigenvalue weighted by atomic mass is 10.2. The Morgan fingerprint density at radius 1 is 1.25 bits per heavy atom. The zero-order valence-corrected chi connectivity index (χ0v) is 15.3. The van der Waals surface area contributed by atoms with E-state index in [0.29, 0.717) is 10.7 Å². The molecule has 0 aliphatic rings. The molecule has 6 heteroatoms. The number of amides is 1. The largest absolute Gasteiger partial charge is 0.340 e. The van der Waals surface area contributed by atoms with Gasteiger partial charge in [0.05, 0.1) is 17.1 Å². The number of aromatic nitrogens is 3. The minimum atomic E-state index is -0.153. The minimum Gasteiger partial charge on any atom is -0.340 e. The summed E-state index contributed by atoms with van der Waals surface area (Å²) in [6, 6.07) is 7.72. The van der Waals surface area contributed by atoms with Crippen LogP contribution < -0.4 is 5.32 Å². The quantitative estimate of drug-likeness (QED) is 0.761. The summed E-state index contributed by atoms with van der Waals surface area (Å²) in [5.41, 5.74) is 4.06. The van der Waals surface area contributed by atoms with Crippen molar-refractivity contribution in [2.24, 2.45) is 7.05 Å². The lowest BCUT2D eigenvalue weighted by molar-refractivity contribution is 0.101.